The average Bonchev–Trinajstić information content (AvgIpc) is 3.41. The van der Waals surface area contributed by atoms with E-state index in [0.717, 1.165) is 38.4 Å². The molecule has 4 aromatic carbocycles. The minimum absolute atomic E-state index is 0.0210. The molecule has 1 aliphatic heterocycles. The van der Waals surface area contributed by atoms with Crippen molar-refractivity contribution in [2.24, 2.45) is 0 Å². The number of nitrogens with zero attached hydrogens (tertiary/aromatic N) is 2. The molecule has 0 saturated heterocycles. The fourth-order valence-electron chi connectivity index (χ4n) is 4.43. The van der Waals surface area contributed by atoms with Crippen molar-refractivity contribution < 1.29 is 14.3 Å². The third kappa shape index (κ3) is 4.68. The van der Waals surface area contributed by atoms with E-state index in [1.54, 1.807) is 16.8 Å². The Bertz CT molecular complexity index is 1510. The number of hydrogen-bond acceptors (Lipinski definition) is 5. The highest BCUT2D eigenvalue weighted by Crippen LogP contribution is 2.32. The van der Waals surface area contributed by atoms with Crippen molar-refractivity contribution in [1.82, 2.24) is 9.88 Å². The minimum Gasteiger partial charge on any atom is -0.486 e. The fourth-order valence-corrected chi connectivity index (χ4v) is 5.15. The summed E-state index contributed by atoms with van der Waals surface area (Å²) >= 11 is 1.54. The Hall–Kier alpha value is -4.16. The Morgan fingerprint density at radius 2 is 1.50 bits per heavy atom. The lowest BCUT2D eigenvalue weighted by molar-refractivity contribution is 0.0730. The van der Waals surface area contributed by atoms with Crippen molar-refractivity contribution in [2.75, 3.05) is 13.2 Å². The monoisotopic (exact) mass is 492 g/mol. The SMILES string of the molecule is O=C(c1ccc2ncsc2c1)N(Cc1ccc(-c2ccccc2)cc1)Cc1ccc2c(c1)OCCO2. The molecule has 5 nitrogen and oxygen atoms in total. The summed E-state index contributed by atoms with van der Waals surface area (Å²) in [6.45, 7) is 2.03. The Balaban J connectivity index is 1.29. The van der Waals surface area contributed by atoms with Crippen molar-refractivity contribution in [2.45, 2.75) is 13.1 Å². The Kier molecular flexibility index (Phi) is 6.10. The van der Waals surface area contributed by atoms with E-state index in [9.17, 15) is 4.79 Å². The zero-order valence-electron chi connectivity index (χ0n) is 19.6. The van der Waals surface area contributed by atoms with E-state index < -0.39 is 0 Å². The number of thiazole rings is 1. The highest BCUT2D eigenvalue weighted by molar-refractivity contribution is 7.16. The molecule has 0 saturated carbocycles. The van der Waals surface area contributed by atoms with Crippen LogP contribution in [0.4, 0.5) is 0 Å². The van der Waals surface area contributed by atoms with Gasteiger partial charge < -0.3 is 14.4 Å². The molecule has 6 heteroatoms. The zero-order valence-corrected chi connectivity index (χ0v) is 20.4. The number of rotatable bonds is 6. The quantitative estimate of drug-likeness (QED) is 0.269. The number of carbonyl (C=O) groups excluding carboxylic acids is 1. The predicted octanol–water partition coefficient (Wildman–Crippen LogP) is 6.58. The van der Waals surface area contributed by atoms with Crippen molar-refractivity contribution >= 4 is 27.5 Å². The van der Waals surface area contributed by atoms with Gasteiger partial charge >= 0.3 is 0 Å². The lowest BCUT2D eigenvalue weighted by Gasteiger charge is -2.25. The van der Waals surface area contributed by atoms with Gasteiger partial charge in [-0.1, -0.05) is 60.7 Å². The molecule has 0 atom stereocenters. The second-order valence-corrected chi connectivity index (χ2v) is 9.62. The number of hydrogen-bond donors (Lipinski definition) is 0. The molecule has 6 rings (SSSR count). The lowest BCUT2D eigenvalue weighted by Crippen LogP contribution is -2.30. The molecule has 0 radical (unpaired) electrons. The minimum atomic E-state index is -0.0210. The van der Waals surface area contributed by atoms with Gasteiger partial charge in [0.25, 0.3) is 5.91 Å². The van der Waals surface area contributed by atoms with Crippen LogP contribution in [-0.4, -0.2) is 29.0 Å². The van der Waals surface area contributed by atoms with E-state index in [4.69, 9.17) is 9.47 Å². The first-order valence-corrected chi connectivity index (χ1v) is 12.8. The van der Waals surface area contributed by atoms with Gasteiger partial charge in [0, 0.05) is 18.7 Å². The summed E-state index contributed by atoms with van der Waals surface area (Å²) in [5.74, 6) is 1.45. The molecule has 0 aliphatic carbocycles. The molecule has 1 aliphatic rings. The first-order valence-electron chi connectivity index (χ1n) is 11.9. The molecule has 2 heterocycles. The van der Waals surface area contributed by atoms with E-state index in [0.29, 0.717) is 31.9 Å². The van der Waals surface area contributed by atoms with Gasteiger partial charge in [-0.25, -0.2) is 4.98 Å². The van der Waals surface area contributed by atoms with Gasteiger partial charge in [0.05, 0.1) is 15.7 Å². The molecule has 0 spiro atoms. The van der Waals surface area contributed by atoms with Crippen molar-refractivity contribution in [1.29, 1.82) is 0 Å². The second kappa shape index (κ2) is 9.84. The molecule has 1 aromatic heterocycles. The smallest absolute Gasteiger partial charge is 0.254 e. The summed E-state index contributed by atoms with van der Waals surface area (Å²) in [5, 5.41) is 0. The predicted molar refractivity (Wildman–Crippen MR) is 143 cm³/mol. The summed E-state index contributed by atoms with van der Waals surface area (Å²) in [6, 6.07) is 30.3. The largest absolute Gasteiger partial charge is 0.486 e. The number of ether oxygens (including phenoxy) is 2. The third-order valence-corrected chi connectivity index (χ3v) is 7.07. The number of aromatic nitrogens is 1. The van der Waals surface area contributed by atoms with Crippen LogP contribution in [0.2, 0.25) is 0 Å². The molecule has 36 heavy (non-hydrogen) atoms. The Morgan fingerprint density at radius 3 is 2.33 bits per heavy atom. The summed E-state index contributed by atoms with van der Waals surface area (Å²) in [4.78, 5) is 20.0. The highest BCUT2D eigenvalue weighted by Gasteiger charge is 2.20. The maximum Gasteiger partial charge on any atom is 0.254 e. The van der Waals surface area contributed by atoms with Gasteiger partial charge in [-0.05, 0) is 52.6 Å². The number of amides is 1. The standard InChI is InChI=1S/C30H24N2O3S/c33-30(25-11-12-26-29(17-25)36-20-31-26)32(19-22-8-13-27-28(16-22)35-15-14-34-27)18-21-6-9-24(10-7-21)23-4-2-1-3-5-23/h1-13,16-17,20H,14-15,18-19H2. The van der Waals surface area contributed by atoms with Crippen molar-refractivity contribution in [3.63, 3.8) is 0 Å². The van der Waals surface area contributed by atoms with E-state index in [2.05, 4.69) is 41.4 Å². The molecule has 0 N–H and O–H groups in total. The second-order valence-electron chi connectivity index (χ2n) is 8.74. The first-order chi connectivity index (χ1) is 17.7. The average molecular weight is 493 g/mol. The molecule has 0 unspecified atom stereocenters. The highest BCUT2D eigenvalue weighted by atomic mass is 32.1. The molecular formula is C30H24N2O3S. The van der Waals surface area contributed by atoms with E-state index in [1.807, 2.05) is 59.5 Å². The summed E-state index contributed by atoms with van der Waals surface area (Å²) in [7, 11) is 0. The number of carbonyl (C=O) groups is 1. The third-order valence-electron chi connectivity index (χ3n) is 6.28. The van der Waals surface area contributed by atoms with Crippen LogP contribution in [0.1, 0.15) is 21.5 Å². The maximum absolute atomic E-state index is 13.8. The van der Waals surface area contributed by atoms with Gasteiger partial charge in [0.1, 0.15) is 13.2 Å². The molecule has 0 fully saturated rings. The number of fused-ring (bicyclic) bond motifs is 2. The summed E-state index contributed by atoms with van der Waals surface area (Å²) < 4.78 is 12.4. The van der Waals surface area contributed by atoms with Crippen LogP contribution < -0.4 is 9.47 Å². The van der Waals surface area contributed by atoms with Gasteiger partial charge in [-0.2, -0.15) is 0 Å². The fraction of sp³-hybridized carbons (Fsp3) is 0.133. The molecular weight excluding hydrogens is 468 g/mol. The van der Waals surface area contributed by atoms with Crippen LogP contribution in [-0.2, 0) is 13.1 Å². The van der Waals surface area contributed by atoms with Crippen molar-refractivity contribution in [3.8, 4) is 22.6 Å². The molecule has 1 amide bonds. The maximum atomic E-state index is 13.8. The Morgan fingerprint density at radius 1 is 0.778 bits per heavy atom. The van der Waals surface area contributed by atoms with Crippen LogP contribution in [0.25, 0.3) is 21.3 Å². The van der Waals surface area contributed by atoms with E-state index in [-0.39, 0.29) is 5.91 Å². The lowest BCUT2D eigenvalue weighted by atomic mass is 10.0. The van der Waals surface area contributed by atoms with E-state index in [1.165, 1.54) is 5.56 Å². The molecule has 178 valence electrons. The van der Waals surface area contributed by atoms with Crippen LogP contribution in [0.3, 0.4) is 0 Å². The van der Waals surface area contributed by atoms with Gasteiger partial charge in [-0.3, -0.25) is 4.79 Å². The normalized spacial score (nSPS) is 12.4. The van der Waals surface area contributed by atoms with Crippen LogP contribution in [0, 0.1) is 0 Å². The Labute approximate surface area is 213 Å². The zero-order chi connectivity index (χ0) is 24.3. The summed E-state index contributed by atoms with van der Waals surface area (Å²) in [5.41, 5.74) is 7.76. The van der Waals surface area contributed by atoms with E-state index >= 15 is 0 Å². The van der Waals surface area contributed by atoms with Crippen LogP contribution >= 0.6 is 11.3 Å². The van der Waals surface area contributed by atoms with Gasteiger partial charge in [-0.15, -0.1) is 11.3 Å². The topological polar surface area (TPSA) is 51.7 Å². The van der Waals surface area contributed by atoms with Crippen molar-refractivity contribution in [3.05, 3.63) is 113 Å². The van der Waals surface area contributed by atoms with Crippen LogP contribution in [0.5, 0.6) is 11.5 Å². The van der Waals surface area contributed by atoms with Gasteiger partial charge in [0.15, 0.2) is 11.5 Å². The molecule has 5 aromatic rings. The van der Waals surface area contributed by atoms with Crippen LogP contribution in [0.15, 0.2) is 96.5 Å². The molecule has 0 bridgehead atoms. The van der Waals surface area contributed by atoms with Gasteiger partial charge in [0.2, 0.25) is 0 Å². The summed E-state index contributed by atoms with van der Waals surface area (Å²) in [6.07, 6.45) is 0. The number of benzene rings is 4. The first kappa shape index (κ1) is 22.3.